The number of aromatic amines is 1. The van der Waals surface area contributed by atoms with E-state index in [-0.39, 0.29) is 23.1 Å². The molecular weight excluding hydrogens is 626 g/mol. The van der Waals surface area contributed by atoms with E-state index in [9.17, 15) is 4.79 Å². The first-order valence-corrected chi connectivity index (χ1v) is 12.2. The van der Waals surface area contributed by atoms with Crippen LogP contribution < -0.4 is 8.69 Å². The van der Waals surface area contributed by atoms with Crippen LogP contribution in [0.4, 0.5) is 5.95 Å². The van der Waals surface area contributed by atoms with Crippen LogP contribution >= 0.6 is 30.4 Å². The first kappa shape index (κ1) is 17.5. The average molecular weight is 637 g/mol. The third kappa shape index (κ3) is 3.53. The van der Waals surface area contributed by atoms with E-state index in [0.717, 1.165) is 0 Å². The molecular formula is C12H11IN5O3STl. The van der Waals surface area contributed by atoms with Gasteiger partial charge in [-0.15, -0.1) is 0 Å². The van der Waals surface area contributed by atoms with Crippen LogP contribution in [0, 0.1) is 18.3 Å². The molecule has 3 rings (SSSR count). The summed E-state index contributed by atoms with van der Waals surface area (Å²) in [5, 5.41) is 0. The summed E-state index contributed by atoms with van der Waals surface area (Å²) < 4.78 is 16.1. The summed E-state index contributed by atoms with van der Waals surface area (Å²) in [6.07, 6.45) is 7.39. The van der Waals surface area contributed by atoms with Gasteiger partial charge in [-0.05, 0) is 0 Å². The van der Waals surface area contributed by atoms with Crippen molar-refractivity contribution in [2.45, 2.75) is 18.8 Å². The normalized spacial score (nSPS) is 23.9. The Labute approximate surface area is 164 Å². The molecule has 1 fully saturated rings. The number of hydrogen-bond donors (Lipinski definition) is 2. The second-order valence-electron chi connectivity index (χ2n) is 4.89. The van der Waals surface area contributed by atoms with E-state index in [1.54, 1.807) is 10.9 Å². The second-order valence-corrected chi connectivity index (χ2v) is 7.45. The number of anilines is 1. The zero-order valence-electron chi connectivity index (χ0n) is 11.7. The van der Waals surface area contributed by atoms with E-state index in [2.05, 4.69) is 45.2 Å². The van der Waals surface area contributed by atoms with Crippen molar-refractivity contribution in [1.29, 1.82) is 0 Å². The molecule has 8 nitrogen and oxygen atoms in total. The molecule has 3 heterocycles. The van der Waals surface area contributed by atoms with Gasteiger partial charge in [-0.25, -0.2) is 0 Å². The summed E-state index contributed by atoms with van der Waals surface area (Å²) in [6, 6.07) is 0. The van der Waals surface area contributed by atoms with Crippen LogP contribution in [0.5, 0.6) is 0 Å². The SMILES string of the molecule is C#CC1CC(COSI)OC1n1cnc2c(=O)[nH]c([NH][Tl])nc21. The number of fused-ring (bicyclic) bond motifs is 1. The van der Waals surface area contributed by atoms with Gasteiger partial charge in [-0.2, -0.15) is 0 Å². The predicted octanol–water partition coefficient (Wildman–Crippen LogP) is 1.17. The monoisotopic (exact) mass is 637 g/mol. The minimum atomic E-state index is -0.406. The molecule has 118 valence electrons. The quantitative estimate of drug-likeness (QED) is 0.220. The number of nitrogens with one attached hydrogen (secondary N) is 2. The zero-order valence-corrected chi connectivity index (χ0v) is 19.2. The molecule has 1 aliphatic rings. The van der Waals surface area contributed by atoms with Crippen LogP contribution in [0.2, 0.25) is 0 Å². The van der Waals surface area contributed by atoms with Crippen LogP contribution in [-0.2, 0) is 8.92 Å². The molecule has 3 atom stereocenters. The first-order chi connectivity index (χ1) is 11.2. The molecule has 0 aromatic carbocycles. The molecule has 2 N–H and O–H groups in total. The minimum absolute atomic E-state index is 0.0968. The molecule has 0 amide bonds. The summed E-state index contributed by atoms with van der Waals surface area (Å²) >= 11 is 2.52. The number of hydrogen-bond acceptors (Lipinski definition) is 7. The number of halogens is 1. The fourth-order valence-corrected chi connectivity index (χ4v) is 3.72. The maximum atomic E-state index is 12.0. The molecule has 23 heavy (non-hydrogen) atoms. The fraction of sp³-hybridized carbons (Fsp3) is 0.417. The fourth-order valence-electron chi connectivity index (χ4n) is 2.55. The number of ether oxygens (including phenoxy) is 1. The summed E-state index contributed by atoms with van der Waals surface area (Å²) in [5.74, 6) is 3.06. The van der Waals surface area contributed by atoms with E-state index in [1.807, 2.05) is 0 Å². The van der Waals surface area contributed by atoms with Crippen molar-refractivity contribution < 1.29 is 8.92 Å². The molecule has 0 saturated carbocycles. The van der Waals surface area contributed by atoms with Crippen molar-refractivity contribution >= 4 is 73.6 Å². The number of terminal acetylenes is 1. The summed E-state index contributed by atoms with van der Waals surface area (Å²) in [5.41, 5.74) is 0.455. The Morgan fingerprint density at radius 2 is 2.57 bits per heavy atom. The molecule has 2 aromatic rings. The van der Waals surface area contributed by atoms with Gasteiger partial charge in [0, 0.05) is 0 Å². The molecule has 3 unspecified atom stereocenters. The predicted molar refractivity (Wildman–Crippen MR) is 95.9 cm³/mol. The Morgan fingerprint density at radius 3 is 3.26 bits per heavy atom. The number of nitrogens with zero attached hydrogens (tertiary/aromatic N) is 3. The van der Waals surface area contributed by atoms with E-state index in [1.165, 1.54) is 9.21 Å². The van der Waals surface area contributed by atoms with E-state index >= 15 is 0 Å². The van der Waals surface area contributed by atoms with Gasteiger partial charge in [0.25, 0.3) is 0 Å². The molecule has 0 bridgehead atoms. The van der Waals surface area contributed by atoms with Crippen LogP contribution in [-0.4, -0.2) is 58.3 Å². The second kappa shape index (κ2) is 7.68. The van der Waals surface area contributed by atoms with Crippen molar-refractivity contribution in [2.75, 3.05) is 9.73 Å². The molecule has 11 heteroatoms. The summed E-state index contributed by atoms with van der Waals surface area (Å²) in [4.78, 5) is 23.3. The van der Waals surface area contributed by atoms with Gasteiger partial charge < -0.3 is 0 Å². The van der Waals surface area contributed by atoms with Gasteiger partial charge >= 0.3 is 165 Å². The third-order valence-electron chi connectivity index (χ3n) is 3.55. The first-order valence-electron chi connectivity index (χ1n) is 6.63. The number of aromatic nitrogens is 4. The molecule has 0 aliphatic carbocycles. The van der Waals surface area contributed by atoms with E-state index in [4.69, 9.17) is 15.3 Å². The Balaban J connectivity index is 1.97. The molecule has 2 aromatic heterocycles. The van der Waals surface area contributed by atoms with Crippen molar-refractivity contribution in [3.63, 3.8) is 0 Å². The summed E-state index contributed by atoms with van der Waals surface area (Å²) in [6.45, 7) is 0.456. The summed E-state index contributed by atoms with van der Waals surface area (Å²) in [7, 11) is 1.26. The Morgan fingerprint density at radius 1 is 1.74 bits per heavy atom. The van der Waals surface area contributed by atoms with Gasteiger partial charge in [0.15, 0.2) is 0 Å². The van der Waals surface area contributed by atoms with Crippen LogP contribution in [0.3, 0.4) is 0 Å². The maximum absolute atomic E-state index is 12.0. The Bertz CT molecular complexity index is 806. The Hall–Kier alpha value is -0.368. The molecule has 0 radical (unpaired) electrons. The van der Waals surface area contributed by atoms with Crippen LogP contribution in [0.15, 0.2) is 11.1 Å². The van der Waals surface area contributed by atoms with Gasteiger partial charge in [0.2, 0.25) is 0 Å². The van der Waals surface area contributed by atoms with Crippen LogP contribution in [0.1, 0.15) is 12.6 Å². The number of H-pyrrole nitrogens is 1. The van der Waals surface area contributed by atoms with Crippen molar-refractivity contribution in [2.24, 2.45) is 5.92 Å². The van der Waals surface area contributed by atoms with Gasteiger partial charge in [-0.1, -0.05) is 0 Å². The zero-order chi connectivity index (χ0) is 16.4. The molecule has 1 saturated heterocycles. The van der Waals surface area contributed by atoms with Gasteiger partial charge in [0.05, 0.1) is 0 Å². The molecule has 1 aliphatic heterocycles. The van der Waals surface area contributed by atoms with E-state index in [0.29, 0.717) is 50.7 Å². The average Bonchev–Trinajstić information content (AvgIpc) is 3.16. The van der Waals surface area contributed by atoms with Crippen molar-refractivity contribution in [3.8, 4) is 12.3 Å². The van der Waals surface area contributed by atoms with Gasteiger partial charge in [0.1, 0.15) is 0 Å². The van der Waals surface area contributed by atoms with E-state index < -0.39 is 6.23 Å². The topological polar surface area (TPSA) is 94.1 Å². The van der Waals surface area contributed by atoms with Crippen LogP contribution in [0.25, 0.3) is 11.2 Å². The molecule has 0 spiro atoms. The van der Waals surface area contributed by atoms with Gasteiger partial charge in [-0.3, -0.25) is 0 Å². The standard InChI is InChI=1S/C12H12IN5O3S.Tl/c1-2-6-3-7(4-20-22-13)21-11(6)18-5-15-8-9(18)16-12(14)17-10(8)19;/h1,5-7,11H,3-4H2,(H3,14,16,17,19);/q;+1/p-1. The Kier molecular flexibility index (Phi) is 5.83. The van der Waals surface area contributed by atoms with Crippen molar-refractivity contribution in [1.82, 2.24) is 19.5 Å². The van der Waals surface area contributed by atoms with Crippen molar-refractivity contribution in [3.05, 3.63) is 16.7 Å². The number of imidazole rings is 1. The third-order valence-corrected chi connectivity index (χ3v) is 5.60. The number of rotatable bonds is 5.